The van der Waals surface area contributed by atoms with Crippen LogP contribution in [0, 0.1) is 0 Å². The Morgan fingerprint density at radius 3 is 2.74 bits per heavy atom. The highest BCUT2D eigenvalue weighted by Crippen LogP contribution is 2.28. The molecule has 0 fully saturated rings. The predicted octanol–water partition coefficient (Wildman–Crippen LogP) is 1.61. The molecule has 5 nitrogen and oxygen atoms in total. The van der Waals surface area contributed by atoms with Crippen molar-refractivity contribution in [2.45, 2.75) is 25.9 Å². The van der Waals surface area contributed by atoms with Crippen molar-refractivity contribution in [3.63, 3.8) is 0 Å². The fourth-order valence-corrected chi connectivity index (χ4v) is 3.83. The lowest BCUT2D eigenvalue weighted by molar-refractivity contribution is -0.141. The molecule has 1 unspecified atom stereocenters. The van der Waals surface area contributed by atoms with Gasteiger partial charge in [-0.1, -0.05) is 22.0 Å². The van der Waals surface area contributed by atoms with Crippen LogP contribution in [0.5, 0.6) is 0 Å². The van der Waals surface area contributed by atoms with Crippen LogP contribution in [-0.4, -0.2) is 35.6 Å². The lowest BCUT2D eigenvalue weighted by Crippen LogP contribution is -2.49. The standard InChI is InChI=1S/C12H14BrNO4S/c1-2-19(17,18)14-7-9-5-10(13)4-3-8(9)6-11(14)12(15)16/h3-5,11H,2,6-7H2,1H3,(H,15,16). The lowest BCUT2D eigenvalue weighted by atomic mass is 9.96. The summed E-state index contributed by atoms with van der Waals surface area (Å²) in [7, 11) is -3.53. The predicted molar refractivity (Wildman–Crippen MR) is 74.3 cm³/mol. The van der Waals surface area contributed by atoms with Crippen molar-refractivity contribution in [2.75, 3.05) is 5.75 Å². The molecule has 0 saturated heterocycles. The molecule has 1 aliphatic rings. The van der Waals surface area contributed by atoms with Crippen molar-refractivity contribution in [3.05, 3.63) is 33.8 Å². The molecule has 0 aliphatic carbocycles. The van der Waals surface area contributed by atoms with E-state index < -0.39 is 22.0 Å². The summed E-state index contributed by atoms with van der Waals surface area (Å²) in [5, 5.41) is 9.23. The SMILES string of the molecule is CCS(=O)(=O)N1Cc2cc(Br)ccc2CC1C(=O)O. The number of rotatable bonds is 3. The number of halogens is 1. The molecule has 7 heteroatoms. The van der Waals surface area contributed by atoms with Gasteiger partial charge in [-0.3, -0.25) is 4.79 Å². The van der Waals surface area contributed by atoms with Crippen LogP contribution in [0.3, 0.4) is 0 Å². The second kappa shape index (κ2) is 5.22. The van der Waals surface area contributed by atoms with Crippen molar-refractivity contribution in [2.24, 2.45) is 0 Å². The van der Waals surface area contributed by atoms with Gasteiger partial charge in [-0.25, -0.2) is 8.42 Å². The summed E-state index contributed by atoms with van der Waals surface area (Å²) in [5.41, 5.74) is 1.74. The number of hydrogen-bond donors (Lipinski definition) is 1. The van der Waals surface area contributed by atoms with E-state index in [1.165, 1.54) is 6.92 Å². The average Bonchev–Trinajstić information content (AvgIpc) is 2.36. The smallest absolute Gasteiger partial charge is 0.322 e. The van der Waals surface area contributed by atoms with E-state index in [1.807, 2.05) is 18.2 Å². The van der Waals surface area contributed by atoms with E-state index in [-0.39, 0.29) is 18.7 Å². The normalized spacial score (nSPS) is 20.0. The van der Waals surface area contributed by atoms with E-state index in [2.05, 4.69) is 15.9 Å². The van der Waals surface area contributed by atoms with Gasteiger partial charge in [0.05, 0.1) is 5.75 Å². The largest absolute Gasteiger partial charge is 0.480 e. The molecular weight excluding hydrogens is 334 g/mol. The molecule has 0 amide bonds. The van der Waals surface area contributed by atoms with E-state index in [0.717, 1.165) is 19.9 Å². The van der Waals surface area contributed by atoms with Crippen molar-refractivity contribution < 1.29 is 18.3 Å². The molecule has 0 spiro atoms. The monoisotopic (exact) mass is 347 g/mol. The summed E-state index contributed by atoms with van der Waals surface area (Å²) in [6, 6.07) is 4.50. The quantitative estimate of drug-likeness (QED) is 0.901. The summed E-state index contributed by atoms with van der Waals surface area (Å²) >= 11 is 3.34. The van der Waals surface area contributed by atoms with Crippen LogP contribution in [-0.2, 0) is 27.8 Å². The first kappa shape index (κ1) is 14.5. The van der Waals surface area contributed by atoms with Crippen molar-refractivity contribution in [1.29, 1.82) is 0 Å². The fourth-order valence-electron chi connectivity index (χ4n) is 2.20. The Bertz CT molecular complexity index is 614. The molecule has 1 aromatic carbocycles. The molecule has 1 heterocycles. The highest BCUT2D eigenvalue weighted by Gasteiger charge is 2.37. The molecule has 1 N–H and O–H groups in total. The van der Waals surface area contributed by atoms with Crippen molar-refractivity contribution >= 4 is 31.9 Å². The topological polar surface area (TPSA) is 74.7 Å². The maximum absolute atomic E-state index is 12.0. The second-order valence-corrected chi connectivity index (χ2v) is 7.54. The number of carboxylic acid groups (broad SMARTS) is 1. The van der Waals surface area contributed by atoms with E-state index >= 15 is 0 Å². The number of sulfonamides is 1. The van der Waals surface area contributed by atoms with Gasteiger partial charge in [-0.05, 0) is 30.2 Å². The number of benzene rings is 1. The molecule has 1 atom stereocenters. The zero-order chi connectivity index (χ0) is 14.2. The van der Waals surface area contributed by atoms with Crippen LogP contribution in [0.1, 0.15) is 18.1 Å². The van der Waals surface area contributed by atoms with Crippen molar-refractivity contribution in [3.8, 4) is 0 Å². The van der Waals surface area contributed by atoms with Crippen LogP contribution in [0.2, 0.25) is 0 Å². The number of carbonyl (C=O) groups is 1. The number of fused-ring (bicyclic) bond motifs is 1. The highest BCUT2D eigenvalue weighted by atomic mass is 79.9. The van der Waals surface area contributed by atoms with E-state index in [4.69, 9.17) is 0 Å². The molecular formula is C12H14BrNO4S. The molecule has 2 rings (SSSR count). The lowest BCUT2D eigenvalue weighted by Gasteiger charge is -2.33. The first-order chi connectivity index (χ1) is 8.85. The first-order valence-corrected chi connectivity index (χ1v) is 8.25. The summed E-state index contributed by atoms with van der Waals surface area (Å²) in [6.07, 6.45) is 0.206. The maximum atomic E-state index is 12.0. The number of nitrogens with zero attached hydrogens (tertiary/aromatic N) is 1. The van der Waals surface area contributed by atoms with Gasteiger partial charge in [-0.2, -0.15) is 4.31 Å². The van der Waals surface area contributed by atoms with Gasteiger partial charge in [0.15, 0.2) is 0 Å². The summed E-state index contributed by atoms with van der Waals surface area (Å²) < 4.78 is 26.0. The summed E-state index contributed by atoms with van der Waals surface area (Å²) in [5.74, 6) is -1.20. The van der Waals surface area contributed by atoms with Gasteiger partial charge < -0.3 is 5.11 Å². The van der Waals surface area contributed by atoms with Crippen LogP contribution in [0.25, 0.3) is 0 Å². The molecule has 19 heavy (non-hydrogen) atoms. The van der Waals surface area contributed by atoms with Crippen LogP contribution in [0.15, 0.2) is 22.7 Å². The highest BCUT2D eigenvalue weighted by molar-refractivity contribution is 9.10. The molecule has 1 aliphatic heterocycles. The second-order valence-electron chi connectivity index (χ2n) is 4.42. The van der Waals surface area contributed by atoms with Crippen molar-refractivity contribution in [1.82, 2.24) is 4.31 Å². The molecule has 1 aromatic rings. The van der Waals surface area contributed by atoms with E-state index in [1.54, 1.807) is 0 Å². The van der Waals surface area contributed by atoms with Gasteiger partial charge >= 0.3 is 5.97 Å². The third-order valence-electron chi connectivity index (χ3n) is 3.26. The Morgan fingerprint density at radius 1 is 1.47 bits per heavy atom. The van der Waals surface area contributed by atoms with Gasteiger partial charge in [-0.15, -0.1) is 0 Å². The maximum Gasteiger partial charge on any atom is 0.322 e. The average molecular weight is 348 g/mol. The minimum absolute atomic E-state index is 0.0971. The Kier molecular flexibility index (Phi) is 3.98. The molecule has 0 aromatic heterocycles. The van der Waals surface area contributed by atoms with Crippen LogP contribution < -0.4 is 0 Å². The summed E-state index contributed by atoms with van der Waals surface area (Å²) in [6.45, 7) is 1.63. The number of carboxylic acids is 1. The van der Waals surface area contributed by atoms with E-state index in [0.29, 0.717) is 0 Å². The minimum atomic E-state index is -3.53. The number of aliphatic carboxylic acids is 1. The fraction of sp³-hybridized carbons (Fsp3) is 0.417. The van der Waals surface area contributed by atoms with E-state index in [9.17, 15) is 18.3 Å². The third kappa shape index (κ3) is 2.82. The van der Waals surface area contributed by atoms with Gasteiger partial charge in [0.1, 0.15) is 6.04 Å². The third-order valence-corrected chi connectivity index (χ3v) is 5.58. The Balaban J connectivity index is 2.47. The first-order valence-electron chi connectivity index (χ1n) is 5.84. The van der Waals surface area contributed by atoms with Gasteiger partial charge in [0.2, 0.25) is 10.0 Å². The van der Waals surface area contributed by atoms with Crippen LogP contribution in [0.4, 0.5) is 0 Å². The molecule has 104 valence electrons. The molecule has 0 saturated carbocycles. The van der Waals surface area contributed by atoms with Crippen LogP contribution >= 0.6 is 15.9 Å². The van der Waals surface area contributed by atoms with Gasteiger partial charge in [0, 0.05) is 17.4 Å². The molecule has 0 radical (unpaired) electrons. The zero-order valence-corrected chi connectivity index (χ0v) is 12.7. The molecule has 0 bridgehead atoms. The Hall–Kier alpha value is -0.920. The Morgan fingerprint density at radius 2 is 2.16 bits per heavy atom. The minimum Gasteiger partial charge on any atom is -0.480 e. The number of hydrogen-bond acceptors (Lipinski definition) is 3. The van der Waals surface area contributed by atoms with Gasteiger partial charge in [0.25, 0.3) is 0 Å². The Labute approximate surface area is 120 Å². The summed E-state index contributed by atoms with van der Waals surface area (Å²) in [4.78, 5) is 11.3. The zero-order valence-electron chi connectivity index (χ0n) is 10.3.